The Morgan fingerprint density at radius 3 is 2.39 bits per heavy atom. The number of hydrogen-bond acceptors (Lipinski definition) is 7. The minimum atomic E-state index is 0.0986. The lowest BCUT2D eigenvalue weighted by Crippen LogP contribution is -2.35. The van der Waals surface area contributed by atoms with Crippen molar-refractivity contribution in [2.24, 2.45) is 0 Å². The monoisotopic (exact) mass is 464 g/mol. The van der Waals surface area contributed by atoms with Gasteiger partial charge >= 0.3 is 0 Å². The van der Waals surface area contributed by atoms with Crippen LogP contribution in [0.3, 0.4) is 0 Å². The molecule has 2 aromatic carbocycles. The molecule has 4 rings (SSSR count). The van der Waals surface area contributed by atoms with Crippen molar-refractivity contribution in [3.05, 3.63) is 89.2 Å². The Morgan fingerprint density at radius 1 is 0.968 bits per heavy atom. The van der Waals surface area contributed by atoms with Gasteiger partial charge in [-0.1, -0.05) is 64.9 Å². The third kappa shape index (κ3) is 4.82. The maximum absolute atomic E-state index is 8.75. The lowest BCUT2D eigenvalue weighted by Gasteiger charge is -2.25. The van der Waals surface area contributed by atoms with Crippen molar-refractivity contribution in [1.82, 2.24) is 15.2 Å². The Morgan fingerprint density at radius 2 is 1.68 bits per heavy atom. The summed E-state index contributed by atoms with van der Waals surface area (Å²) < 4.78 is 0.611. The van der Waals surface area contributed by atoms with Crippen LogP contribution in [0.25, 0.3) is 10.6 Å². The summed E-state index contributed by atoms with van der Waals surface area (Å²) in [7, 11) is 0. The molecular weight excluding hydrogens is 448 g/mol. The normalized spacial score (nSPS) is 10.6. The van der Waals surface area contributed by atoms with Crippen LogP contribution in [-0.4, -0.2) is 26.2 Å². The van der Waals surface area contributed by atoms with E-state index >= 15 is 0 Å². The Balaban J connectivity index is 1.63. The third-order valence-electron chi connectivity index (χ3n) is 4.36. The quantitative estimate of drug-likeness (QED) is 0.215. The van der Waals surface area contributed by atoms with Crippen molar-refractivity contribution in [1.29, 1.82) is 10.8 Å². The molecule has 0 saturated heterocycles. The average Bonchev–Trinajstić information content (AvgIpc) is 3.24. The number of pyridine rings is 1. The minimum Gasteiger partial charge on any atom is -0.283 e. The van der Waals surface area contributed by atoms with Gasteiger partial charge < -0.3 is 0 Å². The van der Waals surface area contributed by atoms with Crippen molar-refractivity contribution >= 4 is 51.4 Å². The molecule has 0 atom stereocenters. The summed E-state index contributed by atoms with van der Waals surface area (Å²) in [6.45, 7) is 2.04. The number of anilines is 1. The van der Waals surface area contributed by atoms with Gasteiger partial charge in [0.05, 0.1) is 10.7 Å². The van der Waals surface area contributed by atoms with E-state index in [0.29, 0.717) is 20.6 Å². The fraction of sp³-hybridized carbons (Fsp3) is 0.0455. The Labute approximate surface area is 193 Å². The fourth-order valence-corrected chi connectivity index (χ4v) is 4.77. The highest BCUT2D eigenvalue weighted by Gasteiger charge is 2.23. The molecule has 0 amide bonds. The number of rotatable bonds is 4. The van der Waals surface area contributed by atoms with Gasteiger partial charge in [0.15, 0.2) is 9.51 Å². The van der Waals surface area contributed by atoms with E-state index in [-0.39, 0.29) is 11.0 Å². The number of benzene rings is 2. The molecule has 0 aliphatic rings. The van der Waals surface area contributed by atoms with E-state index in [1.807, 2.05) is 43.3 Å². The number of nitrogens with zero attached hydrogens (tertiary/aromatic N) is 4. The lowest BCUT2D eigenvalue weighted by atomic mass is 10.2. The molecule has 0 aliphatic carbocycles. The highest BCUT2D eigenvalue weighted by molar-refractivity contribution is 8.15. The molecule has 0 radical (unpaired) electrons. The molecule has 2 N–H and O–H groups in total. The van der Waals surface area contributed by atoms with Gasteiger partial charge in [-0.25, -0.2) is 0 Å². The van der Waals surface area contributed by atoms with E-state index in [9.17, 15) is 0 Å². The minimum absolute atomic E-state index is 0.0986. The maximum atomic E-state index is 8.75. The maximum Gasteiger partial charge on any atom is 0.182 e. The number of aromatic nitrogens is 3. The predicted octanol–water partition coefficient (Wildman–Crippen LogP) is 6.12. The zero-order chi connectivity index (χ0) is 21.8. The van der Waals surface area contributed by atoms with Crippen LogP contribution < -0.4 is 4.90 Å². The molecule has 0 fully saturated rings. The van der Waals surface area contributed by atoms with Gasteiger partial charge in [-0.3, -0.25) is 20.7 Å². The van der Waals surface area contributed by atoms with Crippen LogP contribution in [0.4, 0.5) is 5.69 Å². The highest BCUT2D eigenvalue weighted by Crippen LogP contribution is 2.34. The van der Waals surface area contributed by atoms with Crippen LogP contribution >= 0.6 is 34.7 Å². The smallest absolute Gasteiger partial charge is 0.182 e. The van der Waals surface area contributed by atoms with Gasteiger partial charge in [-0.2, -0.15) is 0 Å². The van der Waals surface area contributed by atoms with Gasteiger partial charge in [0.2, 0.25) is 0 Å². The summed E-state index contributed by atoms with van der Waals surface area (Å²) in [5.41, 5.74) is 3.33. The van der Waals surface area contributed by atoms with Gasteiger partial charge in [-0.05, 0) is 43.0 Å². The second-order valence-corrected chi connectivity index (χ2v) is 9.14. The summed E-state index contributed by atoms with van der Waals surface area (Å²) in [6, 6.07) is 18.7. The van der Waals surface area contributed by atoms with Gasteiger partial charge in [0.1, 0.15) is 10.8 Å². The Hall–Kier alpha value is -3.07. The average molecular weight is 465 g/mol. The van der Waals surface area contributed by atoms with Crippen molar-refractivity contribution in [2.75, 3.05) is 4.90 Å². The summed E-state index contributed by atoms with van der Waals surface area (Å²) >= 11 is 8.95. The van der Waals surface area contributed by atoms with Crippen molar-refractivity contribution in [3.63, 3.8) is 0 Å². The molecule has 154 valence electrons. The molecule has 4 aromatic rings. The van der Waals surface area contributed by atoms with Crippen LogP contribution in [-0.2, 0) is 0 Å². The number of halogens is 1. The van der Waals surface area contributed by atoms with E-state index in [2.05, 4.69) is 15.2 Å². The number of amidine groups is 2. The molecule has 2 aromatic heterocycles. The number of para-hydroxylation sites is 1. The highest BCUT2D eigenvalue weighted by atomic mass is 35.5. The number of aryl methyl sites for hydroxylation is 1. The van der Waals surface area contributed by atoms with Crippen LogP contribution in [0.5, 0.6) is 0 Å². The summed E-state index contributed by atoms with van der Waals surface area (Å²) in [5, 5.41) is 27.3. The second kappa shape index (κ2) is 9.38. The molecule has 2 heterocycles. The molecule has 9 heteroatoms. The van der Waals surface area contributed by atoms with E-state index in [4.69, 9.17) is 22.4 Å². The molecule has 0 aliphatic heterocycles. The Kier molecular flexibility index (Phi) is 6.41. The molecular formula is C22H17ClN6S2. The van der Waals surface area contributed by atoms with Crippen molar-refractivity contribution in [3.8, 4) is 10.6 Å². The third-order valence-corrected chi connectivity index (χ3v) is 6.58. The van der Waals surface area contributed by atoms with Crippen LogP contribution in [0.1, 0.15) is 11.1 Å². The molecule has 0 bridgehead atoms. The Bertz CT molecular complexity index is 1220. The SMILES string of the molecule is Cc1ccc(-c2nnc(SC(=N)N(C(=N)c3ccncc3)c3ccccc3Cl)s2)cc1. The summed E-state index contributed by atoms with van der Waals surface area (Å²) in [5.74, 6) is 0.122. The zero-order valence-corrected chi connectivity index (χ0v) is 18.8. The van der Waals surface area contributed by atoms with E-state index in [1.54, 1.807) is 36.7 Å². The predicted molar refractivity (Wildman–Crippen MR) is 129 cm³/mol. The first-order valence-corrected chi connectivity index (χ1v) is 11.2. The zero-order valence-electron chi connectivity index (χ0n) is 16.4. The summed E-state index contributed by atoms with van der Waals surface area (Å²) in [4.78, 5) is 5.51. The molecule has 0 spiro atoms. The second-order valence-electron chi connectivity index (χ2n) is 6.52. The largest absolute Gasteiger partial charge is 0.283 e. The van der Waals surface area contributed by atoms with E-state index < -0.39 is 0 Å². The van der Waals surface area contributed by atoms with Gasteiger partial charge in [-0.15, -0.1) is 10.2 Å². The van der Waals surface area contributed by atoms with E-state index in [0.717, 1.165) is 22.3 Å². The van der Waals surface area contributed by atoms with Crippen LogP contribution in [0, 0.1) is 17.7 Å². The number of hydrogen-bond donors (Lipinski definition) is 2. The molecule has 0 unspecified atom stereocenters. The molecule has 31 heavy (non-hydrogen) atoms. The van der Waals surface area contributed by atoms with Gasteiger partial charge in [0, 0.05) is 23.5 Å². The number of thioether (sulfide) groups is 1. The van der Waals surface area contributed by atoms with Crippen LogP contribution in [0.15, 0.2) is 77.4 Å². The van der Waals surface area contributed by atoms with Crippen molar-refractivity contribution in [2.45, 2.75) is 11.3 Å². The first-order valence-electron chi connectivity index (χ1n) is 9.23. The first kappa shape index (κ1) is 21.2. The standard InChI is InChI=1S/C22H17ClN6S2/c1-14-6-8-16(9-7-14)20-27-28-22(30-20)31-21(25)29(18-5-3-2-4-17(18)23)19(24)15-10-12-26-13-11-15/h2-13,24-25H,1H3. The van der Waals surface area contributed by atoms with E-state index in [1.165, 1.54) is 21.8 Å². The van der Waals surface area contributed by atoms with Crippen molar-refractivity contribution < 1.29 is 0 Å². The fourth-order valence-electron chi connectivity index (χ4n) is 2.80. The van der Waals surface area contributed by atoms with Crippen LogP contribution in [0.2, 0.25) is 5.02 Å². The first-order chi connectivity index (χ1) is 15.0. The topological polar surface area (TPSA) is 89.6 Å². The van der Waals surface area contributed by atoms with Gasteiger partial charge in [0.25, 0.3) is 0 Å². The molecule has 6 nitrogen and oxygen atoms in total. The lowest BCUT2D eigenvalue weighted by molar-refractivity contribution is 1.02. The number of nitrogens with one attached hydrogen (secondary N) is 2. The molecule has 0 saturated carbocycles. The summed E-state index contributed by atoms with van der Waals surface area (Å²) in [6.07, 6.45) is 3.23.